The molecule has 1 aliphatic heterocycles. The Kier molecular flexibility index (Phi) is 4.88. The summed E-state index contributed by atoms with van der Waals surface area (Å²) < 4.78 is 37.6. The van der Waals surface area contributed by atoms with E-state index in [1.165, 1.54) is 4.90 Å². The van der Waals surface area contributed by atoms with Crippen molar-refractivity contribution in [3.05, 3.63) is 29.8 Å². The highest BCUT2D eigenvalue weighted by Gasteiger charge is 2.29. The maximum absolute atomic E-state index is 13.6. The summed E-state index contributed by atoms with van der Waals surface area (Å²) in [7, 11) is 0. The first-order valence-electron chi connectivity index (χ1n) is 7.34. The Morgan fingerprint density at radius 2 is 2.05 bits per heavy atom. The molecule has 4 nitrogen and oxygen atoms in total. The zero-order chi connectivity index (χ0) is 16.3. The van der Waals surface area contributed by atoms with Crippen LogP contribution in [-0.4, -0.2) is 35.8 Å². The van der Waals surface area contributed by atoms with Gasteiger partial charge in [-0.05, 0) is 45.7 Å². The number of hydrogen-bond donors (Lipinski definition) is 0. The molecular weight excluding hydrogens is 292 g/mol. The van der Waals surface area contributed by atoms with Gasteiger partial charge in [0.2, 0.25) is 0 Å². The minimum Gasteiger partial charge on any atom is -0.485 e. The highest BCUT2D eigenvalue weighted by atomic mass is 19.1. The molecule has 1 aromatic carbocycles. The standard InChI is InChI=1S/C16H21F2NO3/c1-16(2,3)22-15(20)19-8-4-5-12(10-19)21-14-9-11(17)6-7-13(14)18/h6-7,9,12H,4-5,8,10H2,1-3H3/t12-/m0/s1. The number of ether oxygens (including phenoxy) is 2. The molecule has 0 saturated carbocycles. The fraction of sp³-hybridized carbons (Fsp3) is 0.562. The van der Waals surface area contributed by atoms with Crippen LogP contribution < -0.4 is 4.74 Å². The Hall–Kier alpha value is -1.85. The third-order valence-electron chi connectivity index (χ3n) is 3.22. The summed E-state index contributed by atoms with van der Waals surface area (Å²) in [6, 6.07) is 3.08. The Bertz CT molecular complexity index is 543. The van der Waals surface area contributed by atoms with E-state index in [4.69, 9.17) is 9.47 Å². The molecule has 1 amide bonds. The molecule has 0 aromatic heterocycles. The molecule has 0 spiro atoms. The Balaban J connectivity index is 1.98. The Morgan fingerprint density at radius 1 is 1.32 bits per heavy atom. The number of likely N-dealkylation sites (tertiary alicyclic amines) is 1. The highest BCUT2D eigenvalue weighted by Crippen LogP contribution is 2.23. The Labute approximate surface area is 129 Å². The van der Waals surface area contributed by atoms with E-state index in [2.05, 4.69) is 0 Å². The molecule has 1 heterocycles. The SMILES string of the molecule is CC(C)(C)OC(=O)N1CCC[C@H](Oc2cc(F)ccc2F)C1. The summed E-state index contributed by atoms with van der Waals surface area (Å²) in [4.78, 5) is 13.6. The first-order valence-corrected chi connectivity index (χ1v) is 7.34. The molecule has 1 aromatic rings. The van der Waals surface area contributed by atoms with Gasteiger partial charge in [-0.2, -0.15) is 0 Å². The van der Waals surface area contributed by atoms with Gasteiger partial charge in [0.1, 0.15) is 17.5 Å². The average Bonchev–Trinajstić information content (AvgIpc) is 2.41. The van der Waals surface area contributed by atoms with Gasteiger partial charge in [-0.1, -0.05) is 0 Å². The lowest BCUT2D eigenvalue weighted by atomic mass is 10.1. The maximum atomic E-state index is 13.6. The van der Waals surface area contributed by atoms with Crippen LogP contribution in [0.5, 0.6) is 5.75 Å². The summed E-state index contributed by atoms with van der Waals surface area (Å²) in [5.74, 6) is -1.30. The fourth-order valence-corrected chi connectivity index (χ4v) is 2.27. The third kappa shape index (κ3) is 4.58. The van der Waals surface area contributed by atoms with Crippen LogP contribution >= 0.6 is 0 Å². The quantitative estimate of drug-likeness (QED) is 0.835. The van der Waals surface area contributed by atoms with E-state index in [0.29, 0.717) is 19.5 Å². The molecule has 1 saturated heterocycles. The zero-order valence-corrected chi connectivity index (χ0v) is 13.1. The molecular formula is C16H21F2NO3. The molecule has 0 radical (unpaired) electrons. The summed E-state index contributed by atoms with van der Waals surface area (Å²) in [6.07, 6.45) is 0.605. The van der Waals surface area contributed by atoms with Crippen LogP contribution in [0.4, 0.5) is 13.6 Å². The number of hydrogen-bond acceptors (Lipinski definition) is 3. The lowest BCUT2D eigenvalue weighted by Gasteiger charge is -2.34. The van der Waals surface area contributed by atoms with E-state index in [0.717, 1.165) is 24.6 Å². The summed E-state index contributed by atoms with van der Waals surface area (Å²) in [5, 5.41) is 0. The molecule has 2 rings (SSSR count). The Morgan fingerprint density at radius 3 is 2.73 bits per heavy atom. The number of halogens is 2. The van der Waals surface area contributed by atoms with E-state index in [1.54, 1.807) is 20.8 Å². The van der Waals surface area contributed by atoms with Crippen LogP contribution in [0.3, 0.4) is 0 Å². The number of carbonyl (C=O) groups is 1. The van der Waals surface area contributed by atoms with E-state index < -0.39 is 23.3 Å². The van der Waals surface area contributed by atoms with E-state index in [9.17, 15) is 13.6 Å². The van der Waals surface area contributed by atoms with Crippen molar-refractivity contribution in [2.75, 3.05) is 13.1 Å². The molecule has 1 aliphatic rings. The highest BCUT2D eigenvalue weighted by molar-refractivity contribution is 5.68. The van der Waals surface area contributed by atoms with Crippen molar-refractivity contribution in [2.24, 2.45) is 0 Å². The second kappa shape index (κ2) is 6.50. The van der Waals surface area contributed by atoms with Crippen LogP contribution in [0.25, 0.3) is 0 Å². The number of benzene rings is 1. The topological polar surface area (TPSA) is 38.8 Å². The van der Waals surface area contributed by atoms with Crippen molar-refractivity contribution in [1.29, 1.82) is 0 Å². The van der Waals surface area contributed by atoms with Gasteiger partial charge >= 0.3 is 6.09 Å². The van der Waals surface area contributed by atoms with E-state index >= 15 is 0 Å². The number of piperidine rings is 1. The monoisotopic (exact) mass is 313 g/mol. The van der Waals surface area contributed by atoms with Crippen molar-refractivity contribution < 1.29 is 23.0 Å². The van der Waals surface area contributed by atoms with Crippen molar-refractivity contribution in [3.8, 4) is 5.75 Å². The normalized spacial score (nSPS) is 19.0. The van der Waals surface area contributed by atoms with Crippen LogP contribution in [0.2, 0.25) is 0 Å². The summed E-state index contributed by atoms with van der Waals surface area (Å²) >= 11 is 0. The largest absolute Gasteiger partial charge is 0.485 e. The minimum atomic E-state index is -0.615. The number of nitrogens with zero attached hydrogens (tertiary/aromatic N) is 1. The van der Waals surface area contributed by atoms with Gasteiger partial charge in [-0.25, -0.2) is 13.6 Å². The smallest absolute Gasteiger partial charge is 0.410 e. The number of carbonyl (C=O) groups excluding carboxylic acids is 1. The molecule has 22 heavy (non-hydrogen) atoms. The van der Waals surface area contributed by atoms with Gasteiger partial charge < -0.3 is 14.4 Å². The van der Waals surface area contributed by atoms with E-state index in [-0.39, 0.29) is 11.9 Å². The van der Waals surface area contributed by atoms with Crippen molar-refractivity contribution in [3.63, 3.8) is 0 Å². The van der Waals surface area contributed by atoms with Gasteiger partial charge in [-0.15, -0.1) is 0 Å². The van der Waals surface area contributed by atoms with Gasteiger partial charge in [0.05, 0.1) is 6.54 Å². The van der Waals surface area contributed by atoms with Gasteiger partial charge in [0, 0.05) is 12.6 Å². The van der Waals surface area contributed by atoms with Crippen molar-refractivity contribution in [2.45, 2.75) is 45.3 Å². The number of rotatable bonds is 2. The zero-order valence-electron chi connectivity index (χ0n) is 13.1. The lowest BCUT2D eigenvalue weighted by Crippen LogP contribution is -2.46. The van der Waals surface area contributed by atoms with Gasteiger partial charge in [0.15, 0.2) is 11.6 Å². The van der Waals surface area contributed by atoms with Gasteiger partial charge in [0.25, 0.3) is 0 Å². The van der Waals surface area contributed by atoms with Crippen LogP contribution in [0.15, 0.2) is 18.2 Å². The second-order valence-electron chi connectivity index (χ2n) is 6.38. The third-order valence-corrected chi connectivity index (χ3v) is 3.22. The second-order valence-corrected chi connectivity index (χ2v) is 6.38. The molecule has 1 fully saturated rings. The fourth-order valence-electron chi connectivity index (χ4n) is 2.27. The van der Waals surface area contributed by atoms with Crippen LogP contribution in [0.1, 0.15) is 33.6 Å². The average molecular weight is 313 g/mol. The summed E-state index contributed by atoms with van der Waals surface area (Å²) in [5.41, 5.74) is -0.570. The molecule has 1 atom stereocenters. The maximum Gasteiger partial charge on any atom is 0.410 e. The molecule has 122 valence electrons. The molecule has 0 bridgehead atoms. The first kappa shape index (κ1) is 16.5. The molecule has 0 unspecified atom stereocenters. The molecule has 6 heteroatoms. The number of amides is 1. The van der Waals surface area contributed by atoms with E-state index in [1.807, 2.05) is 0 Å². The van der Waals surface area contributed by atoms with Crippen molar-refractivity contribution in [1.82, 2.24) is 4.90 Å². The van der Waals surface area contributed by atoms with Crippen LogP contribution in [-0.2, 0) is 4.74 Å². The lowest BCUT2D eigenvalue weighted by molar-refractivity contribution is 0.00732. The van der Waals surface area contributed by atoms with Gasteiger partial charge in [-0.3, -0.25) is 0 Å². The first-order chi connectivity index (χ1) is 10.2. The molecule has 0 aliphatic carbocycles. The predicted octanol–water partition coefficient (Wildman–Crippen LogP) is 3.74. The predicted molar refractivity (Wildman–Crippen MR) is 77.8 cm³/mol. The molecule has 0 N–H and O–H groups in total. The minimum absolute atomic E-state index is 0.129. The van der Waals surface area contributed by atoms with Crippen molar-refractivity contribution >= 4 is 6.09 Å². The van der Waals surface area contributed by atoms with Crippen LogP contribution in [0, 0.1) is 11.6 Å². The summed E-state index contributed by atoms with van der Waals surface area (Å²) in [6.45, 7) is 6.26.